The van der Waals surface area contributed by atoms with E-state index >= 15 is 0 Å². The number of ether oxygens (including phenoxy) is 3. The van der Waals surface area contributed by atoms with Gasteiger partial charge in [-0.05, 0) is 41.5 Å². The molecule has 0 unspecified atom stereocenters. The van der Waals surface area contributed by atoms with Crippen molar-refractivity contribution >= 4 is 17.7 Å². The largest absolute Gasteiger partial charge is 0.493 e. The van der Waals surface area contributed by atoms with Crippen molar-refractivity contribution in [3.8, 4) is 11.5 Å². The van der Waals surface area contributed by atoms with Gasteiger partial charge in [0.1, 0.15) is 0 Å². The summed E-state index contributed by atoms with van der Waals surface area (Å²) in [5.41, 5.74) is 2.57. The van der Waals surface area contributed by atoms with E-state index in [4.69, 9.17) is 14.2 Å². The minimum Gasteiger partial charge on any atom is -0.493 e. The van der Waals surface area contributed by atoms with Crippen LogP contribution in [0.15, 0.2) is 48.5 Å². The van der Waals surface area contributed by atoms with Gasteiger partial charge >= 0.3 is 0 Å². The summed E-state index contributed by atoms with van der Waals surface area (Å²) >= 11 is 0. The first-order valence-electron chi connectivity index (χ1n) is 7.45. The Hall–Kier alpha value is -2.79. The molecular weight excluding hydrogens is 306 g/mol. The number of rotatable bonds is 7. The first kappa shape index (κ1) is 17.6. The van der Waals surface area contributed by atoms with Gasteiger partial charge in [-0.3, -0.25) is 4.79 Å². The summed E-state index contributed by atoms with van der Waals surface area (Å²) in [6.45, 7) is 0.505. The van der Waals surface area contributed by atoms with Crippen molar-refractivity contribution in [3.05, 3.63) is 59.7 Å². The molecule has 0 aromatic heterocycles. The molecule has 0 fully saturated rings. The van der Waals surface area contributed by atoms with Gasteiger partial charge in [0.2, 0.25) is 5.91 Å². The predicted molar refractivity (Wildman–Crippen MR) is 94.4 cm³/mol. The third kappa shape index (κ3) is 4.86. The maximum absolute atomic E-state index is 12.0. The fraction of sp³-hybridized carbons (Fsp3) is 0.211. The van der Waals surface area contributed by atoms with E-state index in [0.29, 0.717) is 18.1 Å². The summed E-state index contributed by atoms with van der Waals surface area (Å²) in [5, 5.41) is 2.82. The van der Waals surface area contributed by atoms with Crippen LogP contribution in [0, 0.1) is 0 Å². The fourth-order valence-corrected chi connectivity index (χ4v) is 2.22. The standard InChI is InChI=1S/C19H21NO4/c1-22-13-15-5-4-6-16(11-15)20-19(21)10-8-14-7-9-17(23-2)18(12-14)24-3/h4-12H,13H2,1-3H3,(H,20,21)/b10-8+. The molecule has 0 saturated carbocycles. The molecule has 2 aromatic carbocycles. The second kappa shape index (κ2) is 8.74. The third-order valence-corrected chi connectivity index (χ3v) is 3.34. The van der Waals surface area contributed by atoms with Crippen LogP contribution in [-0.2, 0) is 16.1 Å². The van der Waals surface area contributed by atoms with Crippen LogP contribution in [0.4, 0.5) is 5.69 Å². The molecule has 2 rings (SSSR count). The zero-order valence-electron chi connectivity index (χ0n) is 14.0. The van der Waals surface area contributed by atoms with Gasteiger partial charge in [-0.2, -0.15) is 0 Å². The van der Waals surface area contributed by atoms with Crippen molar-refractivity contribution in [2.24, 2.45) is 0 Å². The lowest BCUT2D eigenvalue weighted by Crippen LogP contribution is -2.08. The molecule has 0 bridgehead atoms. The van der Waals surface area contributed by atoms with Crippen molar-refractivity contribution in [2.45, 2.75) is 6.61 Å². The van der Waals surface area contributed by atoms with Crippen LogP contribution < -0.4 is 14.8 Å². The highest BCUT2D eigenvalue weighted by molar-refractivity contribution is 6.02. The summed E-state index contributed by atoms with van der Waals surface area (Å²) in [4.78, 5) is 12.0. The van der Waals surface area contributed by atoms with Crippen LogP contribution in [0.3, 0.4) is 0 Å². The van der Waals surface area contributed by atoms with Crippen LogP contribution >= 0.6 is 0 Å². The average Bonchev–Trinajstić information content (AvgIpc) is 2.60. The Morgan fingerprint density at radius 3 is 2.54 bits per heavy atom. The van der Waals surface area contributed by atoms with Gasteiger partial charge in [0.05, 0.1) is 20.8 Å². The molecule has 0 aliphatic heterocycles. The molecule has 2 aromatic rings. The summed E-state index contributed by atoms with van der Waals surface area (Å²) in [7, 11) is 4.79. The molecule has 24 heavy (non-hydrogen) atoms. The van der Waals surface area contributed by atoms with E-state index in [9.17, 15) is 4.79 Å². The van der Waals surface area contributed by atoms with Crippen LogP contribution in [0.5, 0.6) is 11.5 Å². The summed E-state index contributed by atoms with van der Waals surface area (Å²) in [6.07, 6.45) is 3.19. The third-order valence-electron chi connectivity index (χ3n) is 3.34. The number of amides is 1. The van der Waals surface area contributed by atoms with Gasteiger partial charge in [0.15, 0.2) is 11.5 Å². The number of benzene rings is 2. The molecule has 5 heteroatoms. The van der Waals surface area contributed by atoms with Crippen molar-refractivity contribution < 1.29 is 19.0 Å². The van der Waals surface area contributed by atoms with Crippen molar-refractivity contribution in [1.82, 2.24) is 0 Å². The molecule has 1 amide bonds. The highest BCUT2D eigenvalue weighted by atomic mass is 16.5. The number of anilines is 1. The smallest absolute Gasteiger partial charge is 0.248 e. The Bertz CT molecular complexity index is 725. The minimum absolute atomic E-state index is 0.209. The lowest BCUT2D eigenvalue weighted by atomic mass is 10.2. The highest BCUT2D eigenvalue weighted by Gasteiger charge is 2.04. The van der Waals surface area contributed by atoms with Crippen LogP contribution in [0.1, 0.15) is 11.1 Å². The van der Waals surface area contributed by atoms with E-state index in [1.54, 1.807) is 33.5 Å². The molecule has 0 radical (unpaired) electrons. The van der Waals surface area contributed by atoms with Crippen molar-refractivity contribution in [1.29, 1.82) is 0 Å². The molecule has 0 aliphatic rings. The van der Waals surface area contributed by atoms with Gasteiger partial charge in [0, 0.05) is 18.9 Å². The second-order valence-electron chi connectivity index (χ2n) is 5.07. The molecule has 0 saturated heterocycles. The number of hydrogen-bond donors (Lipinski definition) is 1. The maximum atomic E-state index is 12.0. The van der Waals surface area contributed by atoms with E-state index < -0.39 is 0 Å². The lowest BCUT2D eigenvalue weighted by Gasteiger charge is -2.07. The van der Waals surface area contributed by atoms with Crippen molar-refractivity contribution in [3.63, 3.8) is 0 Å². The van der Waals surface area contributed by atoms with Crippen LogP contribution in [-0.4, -0.2) is 27.2 Å². The molecule has 0 aliphatic carbocycles. The number of nitrogens with one attached hydrogen (secondary N) is 1. The normalized spacial score (nSPS) is 10.6. The predicted octanol–water partition coefficient (Wildman–Crippen LogP) is 3.50. The van der Waals surface area contributed by atoms with E-state index in [2.05, 4.69) is 5.32 Å². The second-order valence-corrected chi connectivity index (χ2v) is 5.07. The monoisotopic (exact) mass is 327 g/mol. The number of carbonyl (C=O) groups is 1. The van der Waals surface area contributed by atoms with E-state index in [1.807, 2.05) is 36.4 Å². The molecule has 0 heterocycles. The highest BCUT2D eigenvalue weighted by Crippen LogP contribution is 2.27. The van der Waals surface area contributed by atoms with Gasteiger partial charge in [-0.1, -0.05) is 18.2 Å². The lowest BCUT2D eigenvalue weighted by molar-refractivity contribution is -0.111. The zero-order valence-corrected chi connectivity index (χ0v) is 14.0. The van der Waals surface area contributed by atoms with Gasteiger partial charge < -0.3 is 19.5 Å². The van der Waals surface area contributed by atoms with Crippen LogP contribution in [0.2, 0.25) is 0 Å². The average molecular weight is 327 g/mol. The Morgan fingerprint density at radius 2 is 1.83 bits per heavy atom. The van der Waals surface area contributed by atoms with Crippen molar-refractivity contribution in [2.75, 3.05) is 26.6 Å². The first-order valence-corrected chi connectivity index (χ1v) is 7.45. The Kier molecular flexibility index (Phi) is 6.40. The molecule has 0 atom stereocenters. The number of methoxy groups -OCH3 is 3. The molecule has 5 nitrogen and oxygen atoms in total. The Labute approximate surface area is 141 Å². The number of hydrogen-bond acceptors (Lipinski definition) is 4. The summed E-state index contributed by atoms with van der Waals surface area (Å²) in [5.74, 6) is 1.06. The molecule has 0 spiro atoms. The summed E-state index contributed by atoms with van der Waals surface area (Å²) < 4.78 is 15.5. The SMILES string of the molecule is COCc1cccc(NC(=O)/C=C/c2ccc(OC)c(OC)c2)c1. The minimum atomic E-state index is -0.209. The zero-order chi connectivity index (χ0) is 17.4. The Morgan fingerprint density at radius 1 is 1.04 bits per heavy atom. The van der Waals surface area contributed by atoms with Gasteiger partial charge in [-0.15, -0.1) is 0 Å². The topological polar surface area (TPSA) is 56.8 Å². The summed E-state index contributed by atoms with van der Waals surface area (Å²) in [6, 6.07) is 13.0. The molecule has 1 N–H and O–H groups in total. The molecular formula is C19H21NO4. The van der Waals surface area contributed by atoms with E-state index in [0.717, 1.165) is 16.8 Å². The number of carbonyl (C=O) groups excluding carboxylic acids is 1. The van der Waals surface area contributed by atoms with Crippen LogP contribution in [0.25, 0.3) is 6.08 Å². The van der Waals surface area contributed by atoms with Gasteiger partial charge in [0.25, 0.3) is 0 Å². The van der Waals surface area contributed by atoms with E-state index in [-0.39, 0.29) is 5.91 Å². The maximum Gasteiger partial charge on any atom is 0.248 e. The first-order chi connectivity index (χ1) is 11.7. The van der Waals surface area contributed by atoms with Gasteiger partial charge in [-0.25, -0.2) is 0 Å². The molecule has 126 valence electrons. The van der Waals surface area contributed by atoms with E-state index in [1.165, 1.54) is 6.08 Å². The Balaban J connectivity index is 2.04. The quantitative estimate of drug-likeness (QED) is 0.791. The fourth-order valence-electron chi connectivity index (χ4n) is 2.22.